The van der Waals surface area contributed by atoms with E-state index in [4.69, 9.17) is 9.72 Å². The third-order valence-electron chi connectivity index (χ3n) is 7.61. The van der Waals surface area contributed by atoms with Crippen molar-refractivity contribution in [3.63, 3.8) is 0 Å². The summed E-state index contributed by atoms with van der Waals surface area (Å²) in [5.41, 5.74) is 5.12. The number of hydrogen-bond acceptors (Lipinski definition) is 4. The molecule has 0 radical (unpaired) electrons. The Morgan fingerprint density at radius 2 is 1.93 bits per heavy atom. The minimum absolute atomic E-state index is 0.160. The monoisotopic (exact) mass is 543 g/mol. The molecular weight excluding hydrogens is 501 g/mol. The SMILES string of the molecule is CC1COC1.CCCN(CCC(C)CC)c1ccc(/C=C2\C(=O)Nc3ccc(-c4c(C)cccc4F)cc32)cn1. The van der Waals surface area contributed by atoms with Gasteiger partial charge in [0.05, 0.1) is 13.2 Å². The number of nitrogens with one attached hydrogen (secondary N) is 1. The smallest absolute Gasteiger partial charge is 0.256 e. The van der Waals surface area contributed by atoms with E-state index >= 15 is 0 Å². The number of aryl methyl sites for hydroxylation is 1. The molecule has 0 saturated carbocycles. The molecule has 1 atom stereocenters. The number of pyridine rings is 1. The number of anilines is 2. The number of halogens is 1. The fraction of sp³-hybridized carbons (Fsp3) is 0.412. The van der Waals surface area contributed by atoms with E-state index in [1.807, 2.05) is 55.6 Å². The predicted molar refractivity (Wildman–Crippen MR) is 164 cm³/mol. The summed E-state index contributed by atoms with van der Waals surface area (Å²) in [5.74, 6) is 2.07. The van der Waals surface area contributed by atoms with Crippen LogP contribution in [0.15, 0.2) is 54.7 Å². The van der Waals surface area contributed by atoms with E-state index < -0.39 is 0 Å². The molecule has 3 heterocycles. The Morgan fingerprint density at radius 1 is 1.15 bits per heavy atom. The van der Waals surface area contributed by atoms with Crippen LogP contribution in [0.4, 0.5) is 15.9 Å². The first-order valence-electron chi connectivity index (χ1n) is 14.5. The molecule has 1 aromatic heterocycles. The number of ether oxygens (including phenoxy) is 1. The maximum absolute atomic E-state index is 14.6. The maximum Gasteiger partial charge on any atom is 0.256 e. The third kappa shape index (κ3) is 7.16. The number of hydrogen-bond donors (Lipinski definition) is 1. The molecule has 0 aliphatic carbocycles. The van der Waals surface area contributed by atoms with Crippen LogP contribution in [0.25, 0.3) is 22.8 Å². The molecule has 6 heteroatoms. The van der Waals surface area contributed by atoms with Crippen molar-refractivity contribution >= 4 is 29.1 Å². The van der Waals surface area contributed by atoms with Gasteiger partial charge in [0.15, 0.2) is 0 Å². The van der Waals surface area contributed by atoms with E-state index in [9.17, 15) is 9.18 Å². The first-order chi connectivity index (χ1) is 19.3. The molecule has 1 saturated heterocycles. The van der Waals surface area contributed by atoms with Gasteiger partial charge in [0, 0.05) is 47.6 Å². The zero-order valence-corrected chi connectivity index (χ0v) is 24.5. The summed E-state index contributed by atoms with van der Waals surface area (Å²) in [4.78, 5) is 19.8. The van der Waals surface area contributed by atoms with Crippen LogP contribution in [0.5, 0.6) is 0 Å². The van der Waals surface area contributed by atoms with Gasteiger partial charge in [0.25, 0.3) is 5.91 Å². The van der Waals surface area contributed by atoms with Gasteiger partial charge in [-0.05, 0) is 78.8 Å². The van der Waals surface area contributed by atoms with Crippen LogP contribution in [0, 0.1) is 24.6 Å². The van der Waals surface area contributed by atoms with Gasteiger partial charge < -0.3 is 15.0 Å². The van der Waals surface area contributed by atoms with E-state index in [0.717, 1.165) is 78.8 Å². The molecule has 1 amide bonds. The summed E-state index contributed by atoms with van der Waals surface area (Å²) in [6.45, 7) is 14.7. The molecule has 2 aliphatic rings. The van der Waals surface area contributed by atoms with Crippen LogP contribution in [0.2, 0.25) is 0 Å². The van der Waals surface area contributed by atoms with E-state index in [0.29, 0.717) is 17.1 Å². The predicted octanol–water partition coefficient (Wildman–Crippen LogP) is 7.99. The Hall–Kier alpha value is -3.51. The van der Waals surface area contributed by atoms with Crippen molar-refractivity contribution in [2.75, 3.05) is 36.5 Å². The van der Waals surface area contributed by atoms with Gasteiger partial charge in [-0.2, -0.15) is 0 Å². The van der Waals surface area contributed by atoms with E-state index in [1.165, 1.54) is 12.5 Å². The fourth-order valence-electron chi connectivity index (χ4n) is 4.87. The van der Waals surface area contributed by atoms with Crippen molar-refractivity contribution in [2.45, 2.75) is 53.9 Å². The molecule has 0 spiro atoms. The van der Waals surface area contributed by atoms with Crippen molar-refractivity contribution in [3.8, 4) is 11.1 Å². The lowest BCUT2D eigenvalue weighted by atomic mass is 9.95. The molecule has 2 aromatic carbocycles. The number of nitrogens with zero attached hydrogens (tertiary/aromatic N) is 2. The van der Waals surface area contributed by atoms with E-state index in [2.05, 4.69) is 37.9 Å². The maximum atomic E-state index is 14.6. The van der Waals surface area contributed by atoms with Gasteiger partial charge in [-0.15, -0.1) is 0 Å². The van der Waals surface area contributed by atoms with Crippen molar-refractivity contribution in [3.05, 3.63) is 77.2 Å². The van der Waals surface area contributed by atoms with Crippen molar-refractivity contribution in [2.24, 2.45) is 11.8 Å². The van der Waals surface area contributed by atoms with Crippen LogP contribution in [0.1, 0.15) is 63.6 Å². The van der Waals surface area contributed by atoms with Crippen molar-refractivity contribution in [1.82, 2.24) is 4.98 Å². The molecule has 0 bridgehead atoms. The topological polar surface area (TPSA) is 54.5 Å². The highest BCUT2D eigenvalue weighted by molar-refractivity contribution is 6.35. The van der Waals surface area contributed by atoms with Crippen LogP contribution in [0.3, 0.4) is 0 Å². The summed E-state index contributed by atoms with van der Waals surface area (Å²) in [7, 11) is 0. The molecule has 1 N–H and O–H groups in total. The average Bonchev–Trinajstić information content (AvgIpc) is 3.24. The second-order valence-corrected chi connectivity index (χ2v) is 11.1. The quantitative estimate of drug-likeness (QED) is 0.278. The summed E-state index contributed by atoms with van der Waals surface area (Å²) in [5, 5.41) is 2.93. The molecule has 1 unspecified atom stereocenters. The number of carbonyl (C=O) groups is 1. The second-order valence-electron chi connectivity index (χ2n) is 11.1. The zero-order valence-electron chi connectivity index (χ0n) is 24.5. The fourth-order valence-corrected chi connectivity index (χ4v) is 4.87. The van der Waals surface area contributed by atoms with Gasteiger partial charge in [-0.25, -0.2) is 9.37 Å². The van der Waals surface area contributed by atoms with Crippen LogP contribution in [-0.2, 0) is 9.53 Å². The molecule has 5 rings (SSSR count). The summed E-state index contributed by atoms with van der Waals surface area (Å²) in [6.07, 6.45) is 7.07. The minimum atomic E-state index is -0.266. The van der Waals surface area contributed by atoms with Crippen LogP contribution >= 0.6 is 0 Å². The Balaban J connectivity index is 0.000000666. The Bertz CT molecular complexity index is 1310. The molecule has 2 aliphatic heterocycles. The molecule has 3 aromatic rings. The normalized spacial score (nSPS) is 16.1. The highest BCUT2D eigenvalue weighted by Crippen LogP contribution is 2.37. The molecular formula is C34H42FN3O2. The lowest BCUT2D eigenvalue weighted by Gasteiger charge is -2.24. The Labute approximate surface area is 238 Å². The minimum Gasteiger partial charge on any atom is -0.381 e. The first-order valence-corrected chi connectivity index (χ1v) is 14.5. The first kappa shape index (κ1) is 29.5. The van der Waals surface area contributed by atoms with Gasteiger partial charge in [-0.3, -0.25) is 4.79 Å². The summed E-state index contributed by atoms with van der Waals surface area (Å²) < 4.78 is 19.4. The number of amides is 1. The third-order valence-corrected chi connectivity index (χ3v) is 7.61. The Kier molecular flexibility index (Phi) is 10.1. The van der Waals surface area contributed by atoms with E-state index in [1.54, 1.807) is 6.07 Å². The number of benzene rings is 2. The number of fused-ring (bicyclic) bond motifs is 1. The molecule has 5 nitrogen and oxygen atoms in total. The number of aromatic nitrogens is 1. The lowest BCUT2D eigenvalue weighted by molar-refractivity contribution is -0.110. The van der Waals surface area contributed by atoms with Gasteiger partial charge in [0.1, 0.15) is 11.6 Å². The Morgan fingerprint density at radius 3 is 2.52 bits per heavy atom. The largest absolute Gasteiger partial charge is 0.381 e. The standard InChI is InChI=1S/C30H34FN3O.C4H8O/c1-5-15-34(16-14-20(3)6-2)28-13-10-22(19-32-28)17-25-24-18-23(11-12-27(24)33-30(25)35)29-21(4)8-7-9-26(29)31;1-4-2-5-3-4/h7-13,17-20H,5-6,14-16H2,1-4H3,(H,33,35);4H,2-3H2,1H3/b25-17-;. The highest BCUT2D eigenvalue weighted by atomic mass is 19.1. The highest BCUT2D eigenvalue weighted by Gasteiger charge is 2.25. The molecule has 1 fully saturated rings. The number of carbonyl (C=O) groups excluding carboxylic acids is 1. The number of rotatable bonds is 9. The molecule has 212 valence electrons. The van der Waals surface area contributed by atoms with E-state index in [-0.39, 0.29) is 11.7 Å². The van der Waals surface area contributed by atoms with Crippen molar-refractivity contribution < 1.29 is 13.9 Å². The van der Waals surface area contributed by atoms with Gasteiger partial charge in [0.2, 0.25) is 0 Å². The lowest BCUT2D eigenvalue weighted by Crippen LogP contribution is -2.27. The zero-order chi connectivity index (χ0) is 28.6. The van der Waals surface area contributed by atoms with Crippen LogP contribution < -0.4 is 10.2 Å². The van der Waals surface area contributed by atoms with Crippen molar-refractivity contribution in [1.29, 1.82) is 0 Å². The van der Waals surface area contributed by atoms with Gasteiger partial charge >= 0.3 is 0 Å². The van der Waals surface area contributed by atoms with Gasteiger partial charge in [-0.1, -0.05) is 52.3 Å². The second kappa shape index (κ2) is 13.7. The summed E-state index contributed by atoms with van der Waals surface area (Å²) >= 11 is 0. The average molecular weight is 544 g/mol. The van der Waals surface area contributed by atoms with Crippen LogP contribution in [-0.4, -0.2) is 37.2 Å². The molecule has 40 heavy (non-hydrogen) atoms. The summed E-state index contributed by atoms with van der Waals surface area (Å²) in [6, 6.07) is 14.7.